The van der Waals surface area contributed by atoms with Crippen molar-refractivity contribution in [2.45, 2.75) is 26.9 Å². The van der Waals surface area contributed by atoms with Gasteiger partial charge in [-0.3, -0.25) is 0 Å². The Hall–Kier alpha value is -1.39. The van der Waals surface area contributed by atoms with Gasteiger partial charge in [0.15, 0.2) is 0 Å². The number of aromatic nitrogens is 1. The Morgan fingerprint density at radius 2 is 2.17 bits per heavy atom. The van der Waals surface area contributed by atoms with Gasteiger partial charge in [0.25, 0.3) is 0 Å². The van der Waals surface area contributed by atoms with Crippen LogP contribution in [0.1, 0.15) is 21.0 Å². The van der Waals surface area contributed by atoms with Gasteiger partial charge in [0, 0.05) is 11.1 Å². The summed E-state index contributed by atoms with van der Waals surface area (Å²) in [6.07, 6.45) is 2.78. The summed E-state index contributed by atoms with van der Waals surface area (Å²) in [5.41, 5.74) is 7.88. The minimum Gasteiger partial charge on any atom is -0.486 e. The Kier molecular flexibility index (Phi) is 4.33. The first kappa shape index (κ1) is 13.1. The molecule has 0 aliphatic rings. The second kappa shape index (κ2) is 5.98. The molecule has 96 valence electrons. The molecule has 0 spiro atoms. The van der Waals surface area contributed by atoms with E-state index >= 15 is 0 Å². The topological polar surface area (TPSA) is 48.1 Å². The number of hydrogen-bond donors (Lipinski definition) is 1. The normalized spacial score (nSPS) is 10.6. The Labute approximate surface area is 112 Å². The van der Waals surface area contributed by atoms with Crippen LogP contribution in [0.5, 0.6) is 5.75 Å². The highest BCUT2D eigenvalue weighted by molar-refractivity contribution is 7.11. The molecule has 0 aliphatic heterocycles. The molecule has 18 heavy (non-hydrogen) atoms. The molecule has 2 rings (SSSR count). The lowest BCUT2D eigenvalue weighted by Crippen LogP contribution is -2.00. The van der Waals surface area contributed by atoms with Crippen molar-refractivity contribution in [1.82, 2.24) is 4.98 Å². The number of aryl methyl sites for hydroxylation is 2. The van der Waals surface area contributed by atoms with Crippen LogP contribution in [0.2, 0.25) is 0 Å². The first-order valence-electron chi connectivity index (χ1n) is 6.02. The average molecular weight is 262 g/mol. The van der Waals surface area contributed by atoms with Gasteiger partial charge < -0.3 is 10.5 Å². The lowest BCUT2D eigenvalue weighted by atomic mass is 10.1. The number of thiazole rings is 1. The van der Waals surface area contributed by atoms with E-state index in [-0.39, 0.29) is 0 Å². The van der Waals surface area contributed by atoms with E-state index in [0.29, 0.717) is 13.2 Å². The molecule has 0 saturated carbocycles. The summed E-state index contributed by atoms with van der Waals surface area (Å²) in [6.45, 7) is 5.31. The lowest BCUT2D eigenvalue weighted by molar-refractivity contribution is 0.303. The third kappa shape index (κ3) is 3.31. The average Bonchev–Trinajstić information content (AvgIpc) is 2.79. The van der Waals surface area contributed by atoms with Crippen LogP contribution >= 0.6 is 11.3 Å². The third-order valence-corrected chi connectivity index (χ3v) is 3.72. The van der Waals surface area contributed by atoms with Crippen LogP contribution in [0.25, 0.3) is 0 Å². The van der Waals surface area contributed by atoms with Gasteiger partial charge in [-0.05, 0) is 44.0 Å². The van der Waals surface area contributed by atoms with Crippen molar-refractivity contribution in [1.29, 1.82) is 0 Å². The van der Waals surface area contributed by atoms with E-state index in [1.807, 2.05) is 6.20 Å². The van der Waals surface area contributed by atoms with E-state index in [1.165, 1.54) is 10.4 Å². The van der Waals surface area contributed by atoms with Crippen molar-refractivity contribution in [2.24, 2.45) is 5.73 Å². The van der Waals surface area contributed by atoms with Crippen LogP contribution in [0, 0.1) is 13.8 Å². The Morgan fingerprint density at radius 1 is 1.33 bits per heavy atom. The van der Waals surface area contributed by atoms with Crippen molar-refractivity contribution in [3.8, 4) is 5.75 Å². The van der Waals surface area contributed by atoms with Crippen LogP contribution in [-0.2, 0) is 13.0 Å². The van der Waals surface area contributed by atoms with Gasteiger partial charge in [-0.2, -0.15) is 0 Å². The van der Waals surface area contributed by atoms with Crippen molar-refractivity contribution < 1.29 is 4.74 Å². The first-order chi connectivity index (χ1) is 8.69. The minimum absolute atomic E-state index is 0.527. The molecule has 3 nitrogen and oxygen atoms in total. The summed E-state index contributed by atoms with van der Waals surface area (Å²) in [5, 5.41) is 0.999. The number of nitrogens with zero attached hydrogens (tertiary/aromatic N) is 1. The molecule has 0 bridgehead atoms. The van der Waals surface area contributed by atoms with Gasteiger partial charge in [-0.25, -0.2) is 4.98 Å². The summed E-state index contributed by atoms with van der Waals surface area (Å²) in [5.74, 6) is 0.936. The molecule has 0 saturated heterocycles. The standard InChI is InChI=1S/C14H18N2OS/c1-10-3-4-11(2)13(7-10)17-9-14-16-8-12(18-14)5-6-15/h3-4,7-8H,5-6,9,15H2,1-2H3. The number of hydrogen-bond acceptors (Lipinski definition) is 4. The number of rotatable bonds is 5. The molecule has 2 aromatic rings. The number of nitrogens with two attached hydrogens (primary N) is 1. The molecule has 1 aromatic heterocycles. The maximum atomic E-state index is 5.81. The zero-order valence-electron chi connectivity index (χ0n) is 10.8. The second-order valence-corrected chi connectivity index (χ2v) is 5.52. The summed E-state index contributed by atoms with van der Waals surface area (Å²) >= 11 is 1.67. The van der Waals surface area contributed by atoms with E-state index in [4.69, 9.17) is 10.5 Å². The highest BCUT2D eigenvalue weighted by atomic mass is 32.1. The van der Waals surface area contributed by atoms with Crippen molar-refractivity contribution in [3.63, 3.8) is 0 Å². The molecule has 2 N–H and O–H groups in total. The predicted molar refractivity (Wildman–Crippen MR) is 75.1 cm³/mol. The summed E-state index contributed by atoms with van der Waals surface area (Å²) in [4.78, 5) is 5.56. The van der Waals surface area contributed by atoms with E-state index < -0.39 is 0 Å². The molecule has 0 radical (unpaired) electrons. The van der Waals surface area contributed by atoms with Crippen molar-refractivity contribution >= 4 is 11.3 Å². The van der Waals surface area contributed by atoms with E-state index in [0.717, 1.165) is 22.7 Å². The number of ether oxygens (including phenoxy) is 1. The molecule has 0 unspecified atom stereocenters. The summed E-state index contributed by atoms with van der Waals surface area (Å²) < 4.78 is 5.81. The fourth-order valence-electron chi connectivity index (χ4n) is 1.67. The molecular weight excluding hydrogens is 244 g/mol. The highest BCUT2D eigenvalue weighted by Crippen LogP contribution is 2.21. The molecule has 4 heteroatoms. The molecule has 0 fully saturated rings. The van der Waals surface area contributed by atoms with Crippen LogP contribution in [0.4, 0.5) is 0 Å². The van der Waals surface area contributed by atoms with Crippen LogP contribution < -0.4 is 10.5 Å². The molecule has 0 aliphatic carbocycles. The Bertz CT molecular complexity index is 522. The second-order valence-electron chi connectivity index (χ2n) is 4.32. The van der Waals surface area contributed by atoms with Gasteiger partial charge in [-0.15, -0.1) is 11.3 Å². The largest absolute Gasteiger partial charge is 0.486 e. The monoisotopic (exact) mass is 262 g/mol. The van der Waals surface area contributed by atoms with Gasteiger partial charge in [0.1, 0.15) is 17.4 Å². The van der Waals surface area contributed by atoms with Gasteiger partial charge >= 0.3 is 0 Å². The number of benzene rings is 1. The molecule has 1 heterocycles. The van der Waals surface area contributed by atoms with Crippen LogP contribution in [0.3, 0.4) is 0 Å². The van der Waals surface area contributed by atoms with E-state index in [1.54, 1.807) is 11.3 Å². The SMILES string of the molecule is Cc1ccc(C)c(OCc2ncc(CCN)s2)c1. The Balaban J connectivity index is 1.99. The predicted octanol–water partition coefficient (Wildman–Crippen LogP) is 2.84. The van der Waals surface area contributed by atoms with Gasteiger partial charge in [0.05, 0.1) is 0 Å². The van der Waals surface area contributed by atoms with Crippen LogP contribution in [0.15, 0.2) is 24.4 Å². The maximum Gasteiger partial charge on any atom is 0.140 e. The smallest absolute Gasteiger partial charge is 0.140 e. The fourth-order valence-corrected chi connectivity index (χ4v) is 2.53. The molecular formula is C14H18N2OS. The zero-order valence-corrected chi connectivity index (χ0v) is 11.6. The third-order valence-electron chi connectivity index (χ3n) is 2.69. The zero-order chi connectivity index (χ0) is 13.0. The van der Waals surface area contributed by atoms with E-state index in [9.17, 15) is 0 Å². The molecule has 1 aromatic carbocycles. The minimum atomic E-state index is 0.527. The maximum absolute atomic E-state index is 5.81. The Morgan fingerprint density at radius 3 is 2.94 bits per heavy atom. The summed E-state index contributed by atoms with van der Waals surface area (Å²) in [7, 11) is 0. The first-order valence-corrected chi connectivity index (χ1v) is 6.84. The molecule has 0 atom stereocenters. The summed E-state index contributed by atoms with van der Waals surface area (Å²) in [6, 6.07) is 6.22. The van der Waals surface area contributed by atoms with Crippen LogP contribution in [-0.4, -0.2) is 11.5 Å². The van der Waals surface area contributed by atoms with Crippen molar-refractivity contribution in [2.75, 3.05) is 6.54 Å². The lowest BCUT2D eigenvalue weighted by Gasteiger charge is -2.08. The quantitative estimate of drug-likeness (QED) is 0.901. The van der Waals surface area contributed by atoms with Gasteiger partial charge in [0.2, 0.25) is 0 Å². The van der Waals surface area contributed by atoms with Crippen molar-refractivity contribution in [3.05, 3.63) is 45.4 Å². The molecule has 0 amide bonds. The van der Waals surface area contributed by atoms with Gasteiger partial charge in [-0.1, -0.05) is 12.1 Å². The highest BCUT2D eigenvalue weighted by Gasteiger charge is 2.04. The van der Waals surface area contributed by atoms with E-state index in [2.05, 4.69) is 37.0 Å². The fraction of sp³-hybridized carbons (Fsp3) is 0.357.